The Morgan fingerprint density at radius 3 is 2.39 bits per heavy atom. The van der Waals surface area contributed by atoms with Gasteiger partial charge in [-0.15, -0.1) is 16.9 Å². The number of benzene rings is 3. The highest BCUT2D eigenvalue weighted by Gasteiger charge is 2.38. The van der Waals surface area contributed by atoms with Crippen molar-refractivity contribution < 1.29 is 9.15 Å². The molecule has 238 valence electrons. The maximum absolute atomic E-state index is 6.39. The van der Waals surface area contributed by atoms with Crippen molar-refractivity contribution in [2.45, 2.75) is 82.1 Å². The molecule has 0 radical (unpaired) electrons. The van der Waals surface area contributed by atoms with Gasteiger partial charge < -0.3 is 19.5 Å². The number of hydrogen-bond acceptors (Lipinski definition) is 7. The molecule has 9 heteroatoms. The summed E-state index contributed by atoms with van der Waals surface area (Å²) in [6.07, 6.45) is 2.35. The molecule has 6 aromatic rings. The molecule has 0 aliphatic heterocycles. The van der Waals surface area contributed by atoms with Gasteiger partial charge >= 0.3 is 6.01 Å². The van der Waals surface area contributed by atoms with Crippen LogP contribution in [0.2, 0.25) is 5.02 Å². The Labute approximate surface area is 279 Å². The molecule has 3 aromatic carbocycles. The van der Waals surface area contributed by atoms with Crippen LogP contribution in [0.15, 0.2) is 88.2 Å². The fourth-order valence-corrected chi connectivity index (χ4v) is 7.30. The van der Waals surface area contributed by atoms with E-state index in [2.05, 4.69) is 91.8 Å². The van der Waals surface area contributed by atoms with E-state index < -0.39 is 0 Å². The van der Waals surface area contributed by atoms with Gasteiger partial charge in [-0.1, -0.05) is 87.7 Å². The molecular weight excluding hydrogens is 614 g/mol. The van der Waals surface area contributed by atoms with Crippen molar-refractivity contribution in [3.8, 4) is 5.75 Å². The summed E-state index contributed by atoms with van der Waals surface area (Å²) in [6, 6.07) is 26.8. The predicted octanol–water partition coefficient (Wildman–Crippen LogP) is 9.63. The quantitative estimate of drug-likeness (QED) is 0.139. The number of thioether (sulfide) groups is 1. The highest BCUT2D eigenvalue weighted by Crippen LogP contribution is 2.46. The Bertz CT molecular complexity index is 1970. The number of hydrogen-bond donors (Lipinski definition) is 1. The van der Waals surface area contributed by atoms with Crippen LogP contribution in [0.1, 0.15) is 70.3 Å². The lowest BCUT2D eigenvalue weighted by Gasteiger charge is -2.30. The van der Waals surface area contributed by atoms with E-state index in [0.29, 0.717) is 25.5 Å². The third kappa shape index (κ3) is 6.74. The van der Waals surface area contributed by atoms with Gasteiger partial charge in [0.1, 0.15) is 12.4 Å². The van der Waals surface area contributed by atoms with Crippen LogP contribution in [0, 0.1) is 0 Å². The first-order valence-electron chi connectivity index (χ1n) is 15.7. The summed E-state index contributed by atoms with van der Waals surface area (Å²) >= 11 is 8.15. The van der Waals surface area contributed by atoms with Gasteiger partial charge in [-0.3, -0.25) is 0 Å². The first kappa shape index (κ1) is 32.0. The monoisotopic (exact) mass is 653 g/mol. The van der Waals surface area contributed by atoms with E-state index in [0.717, 1.165) is 56.7 Å². The molecule has 0 aliphatic rings. The zero-order valence-corrected chi connectivity index (χ0v) is 28.6. The topological polar surface area (TPSA) is 92.0 Å². The molecule has 0 saturated carbocycles. The van der Waals surface area contributed by atoms with Crippen molar-refractivity contribution >= 4 is 51.2 Å². The van der Waals surface area contributed by atoms with E-state index in [1.165, 1.54) is 10.6 Å². The Morgan fingerprint density at radius 2 is 1.70 bits per heavy atom. The standard InChI is InChI=1S/C37H40ClN5O2S/c1-6-37(7-2,34-41-42-35(39)45-34)21-32-33(46-36(3,4)5)29-20-28(44-23-27-17-14-25-10-8-9-11-30(25)40-27)18-19-31(29)43(32)22-24-12-15-26(38)16-13-24/h8-20H,6-7,21-23H2,1-5H3,(H2,39,42). The third-order valence-electron chi connectivity index (χ3n) is 8.55. The van der Waals surface area contributed by atoms with E-state index >= 15 is 0 Å². The van der Waals surface area contributed by atoms with E-state index in [1.54, 1.807) is 0 Å². The highest BCUT2D eigenvalue weighted by molar-refractivity contribution is 8.00. The molecule has 6 rings (SSSR count). The molecule has 2 N–H and O–H groups in total. The van der Waals surface area contributed by atoms with Gasteiger partial charge in [-0.2, -0.15) is 0 Å². The summed E-state index contributed by atoms with van der Waals surface area (Å²) in [6.45, 7) is 12.2. The van der Waals surface area contributed by atoms with Gasteiger partial charge in [0.05, 0.1) is 16.6 Å². The van der Waals surface area contributed by atoms with Crippen LogP contribution in [-0.2, 0) is 25.0 Å². The van der Waals surface area contributed by atoms with Gasteiger partial charge in [-0.25, -0.2) is 4.98 Å². The molecule has 0 fully saturated rings. The first-order chi connectivity index (χ1) is 22.1. The summed E-state index contributed by atoms with van der Waals surface area (Å²) in [7, 11) is 0. The SMILES string of the molecule is CCC(CC)(Cc1c(SC(C)(C)C)c2cc(OCc3ccc4ccccc4n3)ccc2n1Cc1ccc(Cl)cc1)c1nnc(N)o1. The van der Waals surface area contributed by atoms with Crippen molar-refractivity contribution in [1.82, 2.24) is 19.7 Å². The second-order valence-corrected chi connectivity index (χ2v) is 15.0. The van der Waals surface area contributed by atoms with Gasteiger partial charge in [0.25, 0.3) is 0 Å². The number of pyridine rings is 1. The van der Waals surface area contributed by atoms with Gasteiger partial charge in [0.2, 0.25) is 5.89 Å². The molecule has 0 saturated heterocycles. The normalized spacial score (nSPS) is 12.3. The molecule has 0 amide bonds. The summed E-state index contributed by atoms with van der Waals surface area (Å²) in [5.41, 5.74) is 10.9. The van der Waals surface area contributed by atoms with E-state index in [9.17, 15) is 0 Å². The average Bonchev–Trinajstić information content (AvgIpc) is 3.60. The number of ether oxygens (including phenoxy) is 1. The number of anilines is 1. The average molecular weight is 654 g/mol. The lowest BCUT2D eigenvalue weighted by Crippen LogP contribution is -2.29. The van der Waals surface area contributed by atoms with Crippen LogP contribution in [0.4, 0.5) is 6.01 Å². The minimum Gasteiger partial charge on any atom is -0.487 e. The van der Waals surface area contributed by atoms with Crippen molar-refractivity contribution in [2.75, 3.05) is 5.73 Å². The maximum atomic E-state index is 6.39. The van der Waals surface area contributed by atoms with Crippen LogP contribution in [0.5, 0.6) is 5.75 Å². The lowest BCUT2D eigenvalue weighted by molar-refractivity contribution is 0.295. The van der Waals surface area contributed by atoms with Gasteiger partial charge in [-0.05, 0) is 60.9 Å². The number of fused-ring (bicyclic) bond motifs is 2. The summed E-state index contributed by atoms with van der Waals surface area (Å²) < 4.78 is 14.7. The molecule has 46 heavy (non-hydrogen) atoms. The molecule has 0 atom stereocenters. The van der Waals surface area contributed by atoms with Crippen LogP contribution in [-0.4, -0.2) is 24.5 Å². The van der Waals surface area contributed by atoms with Crippen LogP contribution < -0.4 is 10.5 Å². The van der Waals surface area contributed by atoms with E-state index in [4.69, 9.17) is 31.5 Å². The molecule has 7 nitrogen and oxygen atoms in total. The fourth-order valence-electron chi connectivity index (χ4n) is 5.99. The number of nitrogens with two attached hydrogens (primary N) is 1. The molecule has 0 bridgehead atoms. The first-order valence-corrected chi connectivity index (χ1v) is 16.9. The second-order valence-electron chi connectivity index (χ2n) is 12.8. The Balaban J connectivity index is 1.47. The molecule has 0 spiro atoms. The summed E-state index contributed by atoms with van der Waals surface area (Å²) in [5.74, 6) is 1.38. The molecule has 0 unspecified atom stereocenters. The lowest BCUT2D eigenvalue weighted by atomic mass is 9.78. The third-order valence-corrected chi connectivity index (χ3v) is 10.1. The van der Waals surface area contributed by atoms with Crippen molar-refractivity contribution in [3.05, 3.63) is 107 Å². The minimum absolute atomic E-state index is 0.0456. The van der Waals surface area contributed by atoms with Crippen LogP contribution in [0.3, 0.4) is 0 Å². The number of para-hydroxylation sites is 1. The zero-order chi connectivity index (χ0) is 32.5. The van der Waals surface area contributed by atoms with Gasteiger partial charge in [0, 0.05) is 49.6 Å². The molecular formula is C37H40ClN5O2S. The van der Waals surface area contributed by atoms with Crippen molar-refractivity contribution in [2.24, 2.45) is 0 Å². The number of aromatic nitrogens is 4. The smallest absolute Gasteiger partial charge is 0.312 e. The predicted molar refractivity (Wildman–Crippen MR) is 189 cm³/mol. The Hall–Kier alpha value is -4.01. The highest BCUT2D eigenvalue weighted by atomic mass is 35.5. The molecule has 3 aromatic heterocycles. The van der Waals surface area contributed by atoms with E-state index in [1.807, 2.05) is 48.2 Å². The zero-order valence-electron chi connectivity index (χ0n) is 27.0. The Morgan fingerprint density at radius 1 is 0.935 bits per heavy atom. The maximum Gasteiger partial charge on any atom is 0.312 e. The van der Waals surface area contributed by atoms with Gasteiger partial charge in [0.15, 0.2) is 0 Å². The van der Waals surface area contributed by atoms with Crippen molar-refractivity contribution in [3.63, 3.8) is 0 Å². The Kier molecular flexibility index (Phi) is 9.03. The van der Waals surface area contributed by atoms with E-state index in [-0.39, 0.29) is 16.2 Å². The summed E-state index contributed by atoms with van der Waals surface area (Å²) in [5, 5.41) is 11.4. The second kappa shape index (κ2) is 13.0. The molecule has 0 aliphatic carbocycles. The number of rotatable bonds is 11. The number of halogens is 1. The minimum atomic E-state index is -0.384. The number of nitrogen functional groups attached to an aromatic ring is 1. The van der Waals surface area contributed by atoms with Crippen molar-refractivity contribution in [1.29, 1.82) is 0 Å². The molecule has 3 heterocycles. The number of nitrogens with zero attached hydrogens (tertiary/aromatic N) is 4. The largest absolute Gasteiger partial charge is 0.487 e. The summed E-state index contributed by atoms with van der Waals surface area (Å²) in [4.78, 5) is 6.03. The van der Waals surface area contributed by atoms with Crippen LogP contribution in [0.25, 0.3) is 21.8 Å². The van der Waals surface area contributed by atoms with Crippen LogP contribution >= 0.6 is 23.4 Å². The fraction of sp³-hybridized carbons (Fsp3) is 0.324.